The van der Waals surface area contributed by atoms with Gasteiger partial charge in [-0.15, -0.1) is 5.10 Å². The van der Waals surface area contributed by atoms with Crippen molar-refractivity contribution in [3.63, 3.8) is 0 Å². The molecule has 5 atom stereocenters. The molecular weight excluding hydrogens is 344 g/mol. The van der Waals surface area contributed by atoms with E-state index in [1.54, 1.807) is 0 Å². The van der Waals surface area contributed by atoms with E-state index in [1.165, 1.54) is 0 Å². The Labute approximate surface area is 162 Å². The summed E-state index contributed by atoms with van der Waals surface area (Å²) in [6, 6.07) is 0. The van der Waals surface area contributed by atoms with E-state index in [0.29, 0.717) is 12.8 Å². The van der Waals surface area contributed by atoms with Crippen LogP contribution in [0, 0.1) is 11.8 Å². The van der Waals surface area contributed by atoms with E-state index in [0.717, 1.165) is 63.6 Å². The van der Waals surface area contributed by atoms with Gasteiger partial charge in [-0.25, -0.2) is 5.10 Å². The first-order valence-electron chi connectivity index (χ1n) is 10.5. The summed E-state index contributed by atoms with van der Waals surface area (Å²) in [5.41, 5.74) is 0. The zero-order valence-corrected chi connectivity index (χ0v) is 16.5. The number of hydrogen-bond acceptors (Lipinski definition) is 6. The van der Waals surface area contributed by atoms with Gasteiger partial charge in [0.05, 0.1) is 18.3 Å². The maximum atomic E-state index is 10.3. The third-order valence-electron chi connectivity index (χ3n) is 5.74. The zero-order chi connectivity index (χ0) is 19.5. The summed E-state index contributed by atoms with van der Waals surface area (Å²) in [5.74, 6) is 0.957. The highest BCUT2D eigenvalue weighted by Crippen LogP contribution is 2.38. The summed E-state index contributed by atoms with van der Waals surface area (Å²) in [7, 11) is 0. The number of H-pyrrole nitrogens is 1. The molecule has 1 saturated carbocycles. The second-order valence-corrected chi connectivity index (χ2v) is 7.87. The lowest BCUT2D eigenvalue weighted by Crippen LogP contribution is -2.23. The Morgan fingerprint density at radius 2 is 1.93 bits per heavy atom. The second kappa shape index (κ2) is 12.2. The molecule has 1 aliphatic carbocycles. The number of aromatic nitrogens is 4. The minimum absolute atomic E-state index is 0.0748. The van der Waals surface area contributed by atoms with E-state index in [4.69, 9.17) is 0 Å². The summed E-state index contributed by atoms with van der Waals surface area (Å²) in [4.78, 5) is 0. The number of hydrogen-bond donors (Lipinski definition) is 4. The molecule has 0 aromatic carbocycles. The predicted octanol–water partition coefficient (Wildman–Crippen LogP) is 2.55. The fraction of sp³-hybridized carbons (Fsp3) is 0.850. The molecule has 2 rings (SSSR count). The molecule has 1 aliphatic rings. The van der Waals surface area contributed by atoms with Gasteiger partial charge in [-0.1, -0.05) is 38.3 Å². The molecule has 0 aliphatic heterocycles. The first kappa shape index (κ1) is 22.0. The van der Waals surface area contributed by atoms with Gasteiger partial charge in [0.25, 0.3) is 0 Å². The molecule has 0 saturated heterocycles. The molecule has 27 heavy (non-hydrogen) atoms. The van der Waals surface area contributed by atoms with Crippen LogP contribution in [0.5, 0.6) is 0 Å². The number of unbranched alkanes of at least 4 members (excludes halogenated alkanes) is 3. The zero-order valence-electron chi connectivity index (χ0n) is 16.5. The SMILES string of the molecule is CCCCCC(O)CCC1C(O)CC(O)C1C/C=C\CCCc1nnn[nH]1. The van der Waals surface area contributed by atoms with Crippen LogP contribution in [0.15, 0.2) is 12.2 Å². The fourth-order valence-corrected chi connectivity index (χ4v) is 4.11. The highest BCUT2D eigenvalue weighted by atomic mass is 16.3. The molecule has 1 fully saturated rings. The normalized spacial score (nSPS) is 26.8. The predicted molar refractivity (Wildman–Crippen MR) is 104 cm³/mol. The van der Waals surface area contributed by atoms with E-state index in [1.807, 2.05) is 0 Å². The minimum Gasteiger partial charge on any atom is -0.393 e. The van der Waals surface area contributed by atoms with Gasteiger partial charge in [0.15, 0.2) is 0 Å². The van der Waals surface area contributed by atoms with Crippen molar-refractivity contribution in [2.45, 2.75) is 95.9 Å². The van der Waals surface area contributed by atoms with Crippen molar-refractivity contribution < 1.29 is 15.3 Å². The number of rotatable bonds is 13. The van der Waals surface area contributed by atoms with Crippen molar-refractivity contribution in [3.8, 4) is 0 Å². The Morgan fingerprint density at radius 1 is 1.11 bits per heavy atom. The number of aliphatic hydroxyl groups is 3. The topological polar surface area (TPSA) is 115 Å². The third-order valence-corrected chi connectivity index (χ3v) is 5.74. The largest absolute Gasteiger partial charge is 0.393 e. The lowest BCUT2D eigenvalue weighted by molar-refractivity contribution is 0.0848. The van der Waals surface area contributed by atoms with E-state index < -0.39 is 12.2 Å². The number of aliphatic hydroxyl groups excluding tert-OH is 3. The van der Waals surface area contributed by atoms with Gasteiger partial charge < -0.3 is 15.3 Å². The van der Waals surface area contributed by atoms with Crippen LogP contribution in [0.25, 0.3) is 0 Å². The smallest absolute Gasteiger partial charge is 0.148 e. The number of tetrazole rings is 1. The maximum Gasteiger partial charge on any atom is 0.148 e. The average molecular weight is 381 g/mol. The number of aryl methyl sites for hydroxylation is 1. The monoisotopic (exact) mass is 380 g/mol. The minimum atomic E-state index is -0.458. The summed E-state index contributed by atoms with van der Waals surface area (Å²) in [6.45, 7) is 2.16. The van der Waals surface area contributed by atoms with Gasteiger partial charge >= 0.3 is 0 Å². The summed E-state index contributed by atoms with van der Waals surface area (Å²) in [6.07, 6.45) is 12.7. The standard InChI is InChI=1S/C20H36N4O3/c1-2-3-6-9-15(25)12-13-17-16(18(26)14-19(17)27)10-7-4-5-8-11-20-21-23-24-22-20/h4,7,15-19,25-27H,2-3,5-6,8-14H2,1H3,(H,21,22,23,24)/b7-4-. The fourth-order valence-electron chi connectivity index (χ4n) is 4.11. The van der Waals surface area contributed by atoms with Gasteiger partial charge in [0, 0.05) is 6.42 Å². The Kier molecular flexibility index (Phi) is 9.94. The van der Waals surface area contributed by atoms with Gasteiger partial charge in [0.2, 0.25) is 0 Å². The summed E-state index contributed by atoms with van der Waals surface area (Å²) in [5, 5.41) is 44.5. The lowest BCUT2D eigenvalue weighted by Gasteiger charge is -2.23. The van der Waals surface area contributed by atoms with Gasteiger partial charge in [-0.05, 0) is 67.2 Å². The molecule has 154 valence electrons. The maximum absolute atomic E-state index is 10.3. The van der Waals surface area contributed by atoms with Gasteiger partial charge in [0.1, 0.15) is 5.82 Å². The quantitative estimate of drug-likeness (QED) is 0.309. The first-order valence-corrected chi connectivity index (χ1v) is 10.5. The van der Waals surface area contributed by atoms with Crippen LogP contribution >= 0.6 is 0 Å². The van der Waals surface area contributed by atoms with E-state index in [9.17, 15) is 15.3 Å². The molecular formula is C20H36N4O3. The molecule has 4 N–H and O–H groups in total. The van der Waals surface area contributed by atoms with Crippen molar-refractivity contribution in [1.29, 1.82) is 0 Å². The van der Waals surface area contributed by atoms with Gasteiger partial charge in [-0.3, -0.25) is 0 Å². The average Bonchev–Trinajstić information content (AvgIpc) is 3.24. The van der Waals surface area contributed by atoms with Crippen LogP contribution in [0.2, 0.25) is 0 Å². The molecule has 0 radical (unpaired) electrons. The Bertz CT molecular complexity index is 523. The van der Waals surface area contributed by atoms with Crippen LogP contribution in [-0.4, -0.2) is 54.3 Å². The Hall–Kier alpha value is -1.31. The molecule has 0 spiro atoms. The van der Waals surface area contributed by atoms with Crippen molar-refractivity contribution >= 4 is 0 Å². The van der Waals surface area contributed by atoms with Crippen molar-refractivity contribution in [3.05, 3.63) is 18.0 Å². The van der Waals surface area contributed by atoms with Crippen LogP contribution in [0.4, 0.5) is 0 Å². The van der Waals surface area contributed by atoms with Crippen LogP contribution in [0.1, 0.15) is 77.0 Å². The van der Waals surface area contributed by atoms with E-state index in [2.05, 4.69) is 39.7 Å². The second-order valence-electron chi connectivity index (χ2n) is 7.87. The van der Waals surface area contributed by atoms with E-state index >= 15 is 0 Å². The lowest BCUT2D eigenvalue weighted by atomic mass is 9.85. The van der Waals surface area contributed by atoms with Gasteiger partial charge in [-0.2, -0.15) is 0 Å². The molecule has 7 nitrogen and oxygen atoms in total. The number of aromatic amines is 1. The Balaban J connectivity index is 1.69. The Morgan fingerprint density at radius 3 is 2.67 bits per heavy atom. The molecule has 1 heterocycles. The first-order chi connectivity index (χ1) is 13.1. The third kappa shape index (κ3) is 7.68. The summed E-state index contributed by atoms with van der Waals surface area (Å²) >= 11 is 0. The van der Waals surface area contributed by atoms with Crippen molar-refractivity contribution in [1.82, 2.24) is 20.6 Å². The van der Waals surface area contributed by atoms with Crippen LogP contribution < -0.4 is 0 Å². The molecule has 0 bridgehead atoms. The number of allylic oxidation sites excluding steroid dienone is 2. The number of nitrogens with one attached hydrogen (secondary N) is 1. The highest BCUT2D eigenvalue weighted by molar-refractivity contribution is 4.96. The molecule has 0 amide bonds. The van der Waals surface area contributed by atoms with Crippen molar-refractivity contribution in [2.75, 3.05) is 0 Å². The van der Waals surface area contributed by atoms with Crippen LogP contribution in [0.3, 0.4) is 0 Å². The molecule has 1 aromatic heterocycles. The summed E-state index contributed by atoms with van der Waals surface area (Å²) < 4.78 is 0. The van der Waals surface area contributed by atoms with Crippen LogP contribution in [-0.2, 0) is 6.42 Å². The van der Waals surface area contributed by atoms with Crippen molar-refractivity contribution in [2.24, 2.45) is 11.8 Å². The van der Waals surface area contributed by atoms with E-state index in [-0.39, 0.29) is 17.9 Å². The molecule has 5 unspecified atom stereocenters. The molecule has 7 heteroatoms. The number of nitrogens with zero attached hydrogens (tertiary/aromatic N) is 3. The highest BCUT2D eigenvalue weighted by Gasteiger charge is 2.40. The molecule has 1 aromatic rings.